The molecule has 0 bridgehead atoms. The number of phenols is 1. The van der Waals surface area contributed by atoms with Crippen molar-refractivity contribution in [1.82, 2.24) is 0 Å². The number of para-hydroxylation sites is 1. The molecule has 278 valence electrons. The summed E-state index contributed by atoms with van der Waals surface area (Å²) < 4.78 is 0. The summed E-state index contributed by atoms with van der Waals surface area (Å²) in [6.07, 6.45) is 15.0. The maximum atomic E-state index is 11.2. The minimum absolute atomic E-state index is 0. The number of aromatic hydroxyl groups is 1. The number of halogens is 4. The summed E-state index contributed by atoms with van der Waals surface area (Å²) in [4.78, 5) is 0. The standard InChI is InChI=1S/C21H16O.C8H10O3.2C5H10.2CH3.4ClH.2Ti/c22-21(19-12-6-2-7-13-19,20-14-8-3-9-15-20)17-16-18-10-4-1-5-11-18;9-4-6-2-1-3-7(5-10)8(6)11;2*1-2-4-5-3-1;;;;;;;;/h1-15,22H;1-3,9-11H,4-5H2;2*1-5H2;2*1H3;4*1H;;/q;;;;2*-1;;;;;2*+2/p-4. The van der Waals surface area contributed by atoms with Gasteiger partial charge >= 0.3 is 71.3 Å². The molecule has 0 heterocycles. The number of hydrogen-bond donors (Lipinski definition) is 4. The van der Waals surface area contributed by atoms with Gasteiger partial charge in [0.05, 0.1) is 13.2 Å². The van der Waals surface area contributed by atoms with Crippen LogP contribution in [-0.4, -0.2) is 20.4 Å². The first-order valence-corrected chi connectivity index (χ1v) is 24.9. The zero-order valence-electron chi connectivity index (χ0n) is 29.7. The van der Waals surface area contributed by atoms with Crippen LogP contribution >= 0.6 is 37.2 Å². The monoisotopic (exact) mass is 844 g/mol. The first kappa shape index (κ1) is 51.8. The summed E-state index contributed by atoms with van der Waals surface area (Å²) in [5.74, 6) is 6.12. The minimum atomic E-state index is -1.32. The second-order valence-electron chi connectivity index (χ2n) is 11.0. The van der Waals surface area contributed by atoms with Crippen LogP contribution in [0.2, 0.25) is 0 Å². The summed E-state index contributed by atoms with van der Waals surface area (Å²) in [5.41, 5.74) is 1.98. The van der Waals surface area contributed by atoms with E-state index in [0.717, 1.165) is 16.7 Å². The molecule has 51 heavy (non-hydrogen) atoms. The molecule has 2 aliphatic carbocycles. The van der Waals surface area contributed by atoms with Crippen LogP contribution in [0.25, 0.3) is 0 Å². The van der Waals surface area contributed by atoms with Crippen molar-refractivity contribution in [2.75, 3.05) is 0 Å². The predicted octanol–water partition coefficient (Wildman–Crippen LogP) is 11.9. The Kier molecular flexibility index (Phi) is 35.0. The molecular formula is C41H52Cl4O4Ti2-2. The summed E-state index contributed by atoms with van der Waals surface area (Å²) in [6, 6.07) is 33.7. The Hall–Kier alpha value is -1.29. The van der Waals surface area contributed by atoms with Crippen LogP contribution in [0, 0.1) is 26.7 Å². The van der Waals surface area contributed by atoms with E-state index < -0.39 is 39.7 Å². The van der Waals surface area contributed by atoms with E-state index in [0.29, 0.717) is 11.1 Å². The average molecular weight is 846 g/mol. The van der Waals surface area contributed by atoms with Crippen LogP contribution in [0.5, 0.6) is 5.75 Å². The molecule has 0 aliphatic heterocycles. The van der Waals surface area contributed by atoms with Crippen molar-refractivity contribution >= 4 is 37.2 Å². The molecule has 4 N–H and O–H groups in total. The molecule has 6 rings (SSSR count). The van der Waals surface area contributed by atoms with Crippen molar-refractivity contribution in [3.8, 4) is 17.6 Å². The first-order valence-electron chi connectivity index (χ1n) is 16.3. The van der Waals surface area contributed by atoms with Gasteiger partial charge in [-0.1, -0.05) is 173 Å². The summed E-state index contributed by atoms with van der Waals surface area (Å²) in [7, 11) is 19.6. The van der Waals surface area contributed by atoms with Gasteiger partial charge in [0.1, 0.15) is 5.75 Å². The number of aliphatic hydroxyl groups is 3. The Morgan fingerprint density at radius 2 is 0.804 bits per heavy atom. The first-order chi connectivity index (χ1) is 23.9. The third kappa shape index (κ3) is 22.5. The van der Waals surface area contributed by atoms with Gasteiger partial charge in [-0.15, -0.1) is 0 Å². The van der Waals surface area contributed by atoms with Gasteiger partial charge < -0.3 is 35.3 Å². The molecule has 0 atom stereocenters. The molecule has 0 aromatic heterocycles. The van der Waals surface area contributed by atoms with Crippen LogP contribution in [-0.2, 0) is 52.9 Å². The van der Waals surface area contributed by atoms with Crippen molar-refractivity contribution in [3.05, 3.63) is 152 Å². The van der Waals surface area contributed by atoms with Gasteiger partial charge in [0, 0.05) is 27.8 Å². The van der Waals surface area contributed by atoms with Crippen LogP contribution in [0.1, 0.15) is 92.0 Å². The average Bonchev–Trinajstić information content (AvgIpc) is 3.94. The van der Waals surface area contributed by atoms with Gasteiger partial charge in [0.2, 0.25) is 0 Å². The van der Waals surface area contributed by atoms with Gasteiger partial charge in [0.25, 0.3) is 0 Å². The van der Waals surface area contributed by atoms with Crippen molar-refractivity contribution in [2.45, 2.75) is 83.0 Å². The van der Waals surface area contributed by atoms with Gasteiger partial charge in [-0.05, 0) is 12.1 Å². The number of hydrogen-bond acceptors (Lipinski definition) is 4. The molecule has 2 fully saturated rings. The van der Waals surface area contributed by atoms with Crippen LogP contribution in [0.4, 0.5) is 0 Å². The van der Waals surface area contributed by atoms with E-state index in [1.54, 1.807) is 18.2 Å². The van der Waals surface area contributed by atoms with E-state index in [1.807, 2.05) is 91.0 Å². The molecule has 2 saturated carbocycles. The Bertz CT molecular complexity index is 1330. The molecule has 0 spiro atoms. The molecule has 0 amide bonds. The topological polar surface area (TPSA) is 80.9 Å². The zero-order chi connectivity index (χ0) is 36.0. The Balaban J connectivity index is 0. The van der Waals surface area contributed by atoms with Crippen molar-refractivity contribution < 1.29 is 54.5 Å². The van der Waals surface area contributed by atoms with Crippen LogP contribution in [0.3, 0.4) is 0 Å². The molecule has 0 radical (unpaired) electrons. The third-order valence-corrected chi connectivity index (χ3v) is 7.59. The molecule has 0 saturated heterocycles. The SMILES string of the molecule is C1CCCC1.C1CCCC1.OC(C#Cc1ccccc1)(c1ccccc1)c1ccccc1.OCc1cccc(CO)c1O.[CH3-].[CH3-].[Cl][Ti][Cl].[Cl][Ti][Cl]. The quantitative estimate of drug-likeness (QED) is 0.0937. The fourth-order valence-corrected chi connectivity index (χ4v) is 5.02. The second kappa shape index (κ2) is 34.5. The Morgan fingerprint density at radius 3 is 1.10 bits per heavy atom. The van der Waals surface area contributed by atoms with E-state index in [-0.39, 0.29) is 33.8 Å². The predicted molar refractivity (Wildman–Crippen MR) is 212 cm³/mol. The van der Waals surface area contributed by atoms with Gasteiger partial charge in [-0.3, -0.25) is 0 Å². The zero-order valence-corrected chi connectivity index (χ0v) is 35.8. The van der Waals surface area contributed by atoms with Gasteiger partial charge in [-0.25, -0.2) is 0 Å². The van der Waals surface area contributed by atoms with E-state index >= 15 is 0 Å². The fourth-order valence-electron chi connectivity index (χ4n) is 5.02. The van der Waals surface area contributed by atoms with Crippen molar-refractivity contribution in [3.63, 3.8) is 0 Å². The number of rotatable bonds is 4. The normalized spacial score (nSPS) is 12.0. The summed E-state index contributed by atoms with van der Waals surface area (Å²) in [6.45, 7) is -0.417. The van der Waals surface area contributed by atoms with E-state index in [1.165, 1.54) is 64.2 Å². The molecule has 10 heteroatoms. The van der Waals surface area contributed by atoms with E-state index in [2.05, 4.69) is 11.8 Å². The molecule has 4 aromatic carbocycles. The van der Waals surface area contributed by atoms with Gasteiger partial charge in [-0.2, -0.15) is 0 Å². The van der Waals surface area contributed by atoms with Crippen molar-refractivity contribution in [1.29, 1.82) is 0 Å². The second-order valence-corrected chi connectivity index (χ2v) is 16.1. The fraction of sp³-hybridized carbons (Fsp3) is 0.317. The maximum absolute atomic E-state index is 11.2. The van der Waals surface area contributed by atoms with Crippen molar-refractivity contribution in [2.24, 2.45) is 0 Å². The third-order valence-electron chi connectivity index (χ3n) is 7.59. The van der Waals surface area contributed by atoms with Crippen LogP contribution < -0.4 is 0 Å². The molecule has 0 unspecified atom stereocenters. The van der Waals surface area contributed by atoms with Crippen LogP contribution in [0.15, 0.2) is 109 Å². The summed E-state index contributed by atoms with van der Waals surface area (Å²) >= 11 is -1.11. The Labute approximate surface area is 341 Å². The Morgan fingerprint density at radius 1 is 0.510 bits per heavy atom. The number of aliphatic hydroxyl groups excluding tert-OH is 2. The summed E-state index contributed by atoms with van der Waals surface area (Å²) in [5, 5.41) is 37.9. The molecule has 2 aliphatic rings. The molecular weight excluding hydrogens is 794 g/mol. The molecule has 4 nitrogen and oxygen atoms in total. The van der Waals surface area contributed by atoms with E-state index in [4.69, 9.17) is 47.4 Å². The molecule has 4 aromatic rings. The van der Waals surface area contributed by atoms with E-state index in [9.17, 15) is 10.2 Å². The number of benzene rings is 4. The van der Waals surface area contributed by atoms with Gasteiger partial charge in [0.15, 0.2) is 5.60 Å².